The lowest BCUT2D eigenvalue weighted by atomic mass is 10.0. The van der Waals surface area contributed by atoms with Crippen molar-refractivity contribution >= 4 is 10.5 Å². The van der Waals surface area contributed by atoms with Gasteiger partial charge >= 0.3 is 10.5 Å². The van der Waals surface area contributed by atoms with Crippen LogP contribution >= 0.6 is 0 Å². The molecule has 1 aromatic carbocycles. The van der Waals surface area contributed by atoms with Gasteiger partial charge in [0.1, 0.15) is 5.75 Å². The highest BCUT2D eigenvalue weighted by molar-refractivity contribution is 7.81. The molecule has 2 heterocycles. The van der Waals surface area contributed by atoms with E-state index in [0.717, 1.165) is 38.0 Å². The minimum atomic E-state index is -4.96. The first-order valence-electron chi connectivity index (χ1n) is 7.57. The van der Waals surface area contributed by atoms with Crippen molar-refractivity contribution in [2.24, 2.45) is 0 Å². The number of aromatic nitrogens is 1. The fourth-order valence-corrected chi connectivity index (χ4v) is 3.33. The normalized spacial score (nSPS) is 17.3. The van der Waals surface area contributed by atoms with Crippen molar-refractivity contribution in [2.75, 3.05) is 13.1 Å². The quantitative estimate of drug-likeness (QED) is 0.787. The Bertz CT molecular complexity index is 721. The maximum absolute atomic E-state index is 12.4. The molecule has 0 N–H and O–H groups in total. The second-order valence-electron chi connectivity index (χ2n) is 5.76. The number of piperidine rings is 1. The minimum Gasteiger partial charge on any atom is -0.358 e. The van der Waals surface area contributed by atoms with E-state index in [0.29, 0.717) is 6.04 Å². The Balaban J connectivity index is 1.52. The summed E-state index contributed by atoms with van der Waals surface area (Å²) in [6.07, 6.45) is 6.43. The van der Waals surface area contributed by atoms with Crippen molar-refractivity contribution in [3.8, 4) is 5.75 Å². The van der Waals surface area contributed by atoms with Crippen LogP contribution in [0.3, 0.4) is 0 Å². The van der Waals surface area contributed by atoms with Crippen molar-refractivity contribution in [3.05, 3.63) is 54.4 Å². The molecule has 0 spiro atoms. The molecule has 3 rings (SSSR count). The monoisotopic (exact) mass is 338 g/mol. The summed E-state index contributed by atoms with van der Waals surface area (Å²) >= 11 is 0. The molecule has 0 amide bonds. The molecule has 2 aromatic rings. The summed E-state index contributed by atoms with van der Waals surface area (Å²) in [5, 5.41) is 0. The molecular weight excluding hydrogens is 319 g/mol. The van der Waals surface area contributed by atoms with E-state index >= 15 is 0 Å². The molecule has 0 aliphatic carbocycles. The van der Waals surface area contributed by atoms with E-state index in [-0.39, 0.29) is 5.75 Å². The van der Waals surface area contributed by atoms with Crippen molar-refractivity contribution < 1.29 is 16.5 Å². The Morgan fingerprint density at radius 1 is 1.09 bits per heavy atom. The number of halogens is 1. The predicted octanol–water partition coefficient (Wildman–Crippen LogP) is 2.92. The van der Waals surface area contributed by atoms with Gasteiger partial charge in [0.2, 0.25) is 0 Å². The zero-order valence-electron chi connectivity index (χ0n) is 12.6. The molecule has 1 fully saturated rings. The number of likely N-dealkylation sites (tertiary alicyclic amines) is 1. The SMILES string of the molecule is O=S(=O)(F)Oc1ccc(CN2CCC(n3cccc3)CC2)cc1. The molecule has 0 atom stereocenters. The second-order valence-corrected chi connectivity index (χ2v) is 6.71. The molecule has 0 radical (unpaired) electrons. The summed E-state index contributed by atoms with van der Waals surface area (Å²) in [6.45, 7) is 2.82. The summed E-state index contributed by atoms with van der Waals surface area (Å²) in [5.74, 6) is -0.0115. The first kappa shape index (κ1) is 16.0. The molecule has 0 bridgehead atoms. The summed E-state index contributed by atoms with van der Waals surface area (Å²) in [6, 6.07) is 11.1. The molecule has 1 aliphatic rings. The Morgan fingerprint density at radius 3 is 2.26 bits per heavy atom. The van der Waals surface area contributed by atoms with Crippen molar-refractivity contribution in [2.45, 2.75) is 25.4 Å². The van der Waals surface area contributed by atoms with Crippen molar-refractivity contribution in [1.82, 2.24) is 9.47 Å². The van der Waals surface area contributed by atoms with Crippen LogP contribution in [-0.2, 0) is 17.0 Å². The fourth-order valence-electron chi connectivity index (χ4n) is 2.99. The summed E-state index contributed by atoms with van der Waals surface area (Å²) in [5.41, 5.74) is 1.05. The zero-order valence-corrected chi connectivity index (χ0v) is 13.5. The number of hydrogen-bond acceptors (Lipinski definition) is 4. The Labute approximate surface area is 135 Å². The van der Waals surface area contributed by atoms with E-state index in [9.17, 15) is 12.3 Å². The largest absolute Gasteiger partial charge is 0.488 e. The fraction of sp³-hybridized carbons (Fsp3) is 0.375. The second kappa shape index (κ2) is 6.72. The van der Waals surface area contributed by atoms with Crippen LogP contribution in [0.15, 0.2) is 48.8 Å². The predicted molar refractivity (Wildman–Crippen MR) is 85.1 cm³/mol. The maximum atomic E-state index is 12.4. The number of rotatable bonds is 5. The molecular formula is C16H19FN2O3S. The highest BCUT2D eigenvalue weighted by Crippen LogP contribution is 2.24. The van der Waals surface area contributed by atoms with Crippen molar-refractivity contribution in [3.63, 3.8) is 0 Å². The average molecular weight is 338 g/mol. The van der Waals surface area contributed by atoms with Gasteiger partial charge in [-0.15, -0.1) is 0 Å². The number of nitrogens with zero attached hydrogens (tertiary/aromatic N) is 2. The van der Waals surface area contributed by atoms with Crippen LogP contribution in [0.1, 0.15) is 24.4 Å². The van der Waals surface area contributed by atoms with Gasteiger partial charge in [-0.3, -0.25) is 4.90 Å². The third kappa shape index (κ3) is 4.56. The molecule has 1 aliphatic heterocycles. The third-order valence-electron chi connectivity index (χ3n) is 4.13. The number of benzene rings is 1. The van der Waals surface area contributed by atoms with Crippen LogP contribution in [0.25, 0.3) is 0 Å². The lowest BCUT2D eigenvalue weighted by Crippen LogP contribution is -2.33. The van der Waals surface area contributed by atoms with Crippen LogP contribution in [0.2, 0.25) is 0 Å². The molecule has 1 aromatic heterocycles. The van der Waals surface area contributed by atoms with E-state index in [1.165, 1.54) is 12.1 Å². The molecule has 1 saturated heterocycles. The van der Waals surface area contributed by atoms with Crippen LogP contribution in [0.5, 0.6) is 5.75 Å². The van der Waals surface area contributed by atoms with Gasteiger partial charge in [0.15, 0.2) is 0 Å². The molecule has 124 valence electrons. The van der Waals surface area contributed by atoms with E-state index in [1.807, 2.05) is 12.1 Å². The minimum absolute atomic E-state index is 0.0115. The lowest BCUT2D eigenvalue weighted by Gasteiger charge is -2.32. The average Bonchev–Trinajstić information content (AvgIpc) is 3.03. The third-order valence-corrected chi connectivity index (χ3v) is 4.52. The van der Waals surface area contributed by atoms with Gasteiger partial charge in [0.25, 0.3) is 0 Å². The van der Waals surface area contributed by atoms with E-state index < -0.39 is 10.5 Å². The Hall–Kier alpha value is -1.86. The summed E-state index contributed by atoms with van der Waals surface area (Å²) in [4.78, 5) is 2.36. The van der Waals surface area contributed by atoms with Crippen LogP contribution in [-0.4, -0.2) is 31.0 Å². The van der Waals surface area contributed by atoms with Gasteiger partial charge in [-0.05, 0) is 42.7 Å². The maximum Gasteiger partial charge on any atom is 0.488 e. The first-order chi connectivity index (χ1) is 11.0. The van der Waals surface area contributed by atoms with E-state index in [4.69, 9.17) is 0 Å². The van der Waals surface area contributed by atoms with Gasteiger partial charge in [0, 0.05) is 38.1 Å². The topological polar surface area (TPSA) is 51.5 Å². The van der Waals surface area contributed by atoms with Crippen LogP contribution in [0.4, 0.5) is 3.89 Å². The van der Waals surface area contributed by atoms with Gasteiger partial charge in [-0.25, -0.2) is 0 Å². The standard InChI is InChI=1S/C16H19FN2O3S/c17-23(20,21)22-16-5-3-14(4-6-16)13-18-11-7-15(8-12-18)19-9-1-2-10-19/h1-6,9-10,15H,7-8,11-13H2. The molecule has 0 saturated carbocycles. The summed E-state index contributed by atoms with van der Waals surface area (Å²) < 4.78 is 39.8. The molecule has 23 heavy (non-hydrogen) atoms. The molecule has 0 unspecified atom stereocenters. The van der Waals surface area contributed by atoms with Crippen LogP contribution < -0.4 is 4.18 Å². The highest BCUT2D eigenvalue weighted by Gasteiger charge is 2.20. The van der Waals surface area contributed by atoms with Gasteiger partial charge < -0.3 is 8.75 Å². The lowest BCUT2D eigenvalue weighted by molar-refractivity contribution is 0.180. The van der Waals surface area contributed by atoms with E-state index in [2.05, 4.69) is 26.0 Å². The Kier molecular flexibility index (Phi) is 4.68. The number of hydrogen-bond donors (Lipinski definition) is 0. The van der Waals surface area contributed by atoms with Gasteiger partial charge in [-0.2, -0.15) is 8.42 Å². The summed E-state index contributed by atoms with van der Waals surface area (Å²) in [7, 11) is -4.96. The van der Waals surface area contributed by atoms with Gasteiger partial charge in [-0.1, -0.05) is 16.0 Å². The Morgan fingerprint density at radius 2 is 1.70 bits per heavy atom. The molecule has 5 nitrogen and oxygen atoms in total. The van der Waals surface area contributed by atoms with Gasteiger partial charge in [0.05, 0.1) is 0 Å². The first-order valence-corrected chi connectivity index (χ1v) is 8.88. The van der Waals surface area contributed by atoms with Crippen LogP contribution in [0, 0.1) is 0 Å². The highest BCUT2D eigenvalue weighted by atomic mass is 32.3. The smallest absolute Gasteiger partial charge is 0.358 e. The van der Waals surface area contributed by atoms with E-state index in [1.54, 1.807) is 12.1 Å². The zero-order chi connectivity index (χ0) is 16.3. The van der Waals surface area contributed by atoms with Crippen molar-refractivity contribution in [1.29, 1.82) is 0 Å². The molecule has 7 heteroatoms.